The van der Waals surface area contributed by atoms with Crippen molar-refractivity contribution in [2.75, 3.05) is 0 Å². The Hall–Kier alpha value is -1.12. The summed E-state index contributed by atoms with van der Waals surface area (Å²) in [5, 5.41) is 17.8. The van der Waals surface area contributed by atoms with Gasteiger partial charge in [0.15, 0.2) is 0 Å². The summed E-state index contributed by atoms with van der Waals surface area (Å²) in [6.45, 7) is 5.95. The molecule has 0 spiro atoms. The summed E-state index contributed by atoms with van der Waals surface area (Å²) in [5.41, 5.74) is 0. The number of aliphatic carboxylic acids is 2. The van der Waals surface area contributed by atoms with Crippen LogP contribution < -0.4 is 10.2 Å². The first-order chi connectivity index (χ1) is 11.1. The molecule has 12 nitrogen and oxygen atoms in total. The van der Waals surface area contributed by atoms with Gasteiger partial charge in [-0.3, -0.25) is 0 Å². The van der Waals surface area contributed by atoms with Gasteiger partial charge < -0.3 is 19.8 Å². The van der Waals surface area contributed by atoms with Crippen LogP contribution in [0.2, 0.25) is 0 Å². The first-order valence-corrected chi connectivity index (χ1v) is 10.9. The second-order valence-electron chi connectivity index (χ2n) is 3.86. The van der Waals surface area contributed by atoms with Gasteiger partial charge in [0, 0.05) is 11.9 Å². The minimum Gasteiger partial charge on any atom is 2.00 e. The predicted molar refractivity (Wildman–Crippen MR) is 79.9 cm³/mol. The van der Waals surface area contributed by atoms with Crippen LogP contribution in [-0.4, -0.2) is 93.6 Å². The van der Waals surface area contributed by atoms with Crippen molar-refractivity contribution in [3.8, 4) is 0 Å². The molecular weight excluding hydrogens is 495 g/mol. The molecule has 0 saturated carbocycles. The summed E-state index contributed by atoms with van der Waals surface area (Å²) >= 11 is -5.28. The molecule has 14 heteroatoms. The standard InChI is InChI=1S/6C2H4O2.Ca.Sn/c6*1-2(3)4;;/h6*1H3,(H,3,4);;/q;;;;;;+2;+4/p-6. The topological polar surface area (TPSA) is 185 Å². The smallest absolute Gasteiger partial charge is 2.00 e. The number of carboxylic acid groups (broad SMARTS) is 2. The molecule has 0 atom stereocenters. The van der Waals surface area contributed by atoms with E-state index in [1.807, 2.05) is 0 Å². The quantitative estimate of drug-likeness (QED) is 0.344. The summed E-state index contributed by atoms with van der Waals surface area (Å²) in [7, 11) is 0. The number of carbonyl (C=O) groups excluding carboxylic acids is 6. The van der Waals surface area contributed by atoms with E-state index >= 15 is 0 Å². The monoisotopic (exact) mass is 514 g/mol. The Labute approximate surface area is 185 Å². The number of carbonyl (C=O) groups is 6. The maximum Gasteiger partial charge on any atom is 2.00 e. The van der Waals surface area contributed by atoms with Crippen LogP contribution in [0.1, 0.15) is 41.5 Å². The zero-order valence-electron chi connectivity index (χ0n) is 15.1. The van der Waals surface area contributed by atoms with E-state index in [-0.39, 0.29) is 37.7 Å². The van der Waals surface area contributed by atoms with Gasteiger partial charge in [-0.25, -0.2) is 0 Å². The van der Waals surface area contributed by atoms with Gasteiger partial charge in [0.05, 0.1) is 0 Å². The zero-order chi connectivity index (χ0) is 20.8. The van der Waals surface area contributed by atoms with Crippen LogP contribution >= 0.6 is 0 Å². The Kier molecular flexibility index (Phi) is 21.7. The molecule has 0 bridgehead atoms. The van der Waals surface area contributed by atoms with Gasteiger partial charge in [-0.1, -0.05) is 0 Å². The molecule has 26 heavy (non-hydrogen) atoms. The molecule has 0 N–H and O–H groups in total. The van der Waals surface area contributed by atoms with E-state index in [0.29, 0.717) is 0 Å². The molecular formula is C12H18CaO12Sn. The fourth-order valence-corrected chi connectivity index (χ4v) is 5.56. The van der Waals surface area contributed by atoms with E-state index in [0.717, 1.165) is 41.5 Å². The van der Waals surface area contributed by atoms with Crippen molar-refractivity contribution in [2.24, 2.45) is 0 Å². The molecule has 0 saturated heterocycles. The van der Waals surface area contributed by atoms with Crippen LogP contribution in [0, 0.1) is 0 Å². The van der Waals surface area contributed by atoms with Crippen LogP contribution in [-0.2, 0) is 41.1 Å². The second kappa shape index (κ2) is 17.3. The molecule has 0 aliphatic carbocycles. The van der Waals surface area contributed by atoms with Gasteiger partial charge in [0.25, 0.3) is 0 Å². The molecule has 0 rings (SSSR count). The normalized spacial score (nSPS) is 8.54. The van der Waals surface area contributed by atoms with Crippen molar-refractivity contribution in [3.63, 3.8) is 0 Å². The summed E-state index contributed by atoms with van der Waals surface area (Å²) in [6.07, 6.45) is 0. The van der Waals surface area contributed by atoms with E-state index in [1.165, 1.54) is 0 Å². The Morgan fingerprint density at radius 2 is 0.654 bits per heavy atom. The van der Waals surface area contributed by atoms with Crippen molar-refractivity contribution in [2.45, 2.75) is 41.5 Å². The maximum atomic E-state index is 10.9. The van der Waals surface area contributed by atoms with Crippen LogP contribution in [0.5, 0.6) is 0 Å². The SMILES string of the molecule is CC(=O)[O-].CC(=O)[O-].CC(=O)[O][Sn]([O]C(C)=O)([O]C(C)=O)[O]C(C)=O.[Ca+2]. The number of hydrogen-bond acceptors (Lipinski definition) is 12. The number of rotatable bonds is 4. The molecule has 0 radical (unpaired) electrons. The van der Waals surface area contributed by atoms with Crippen LogP contribution in [0.25, 0.3) is 0 Å². The minimum atomic E-state index is -5.28. The van der Waals surface area contributed by atoms with Crippen molar-refractivity contribution in [1.29, 1.82) is 0 Å². The van der Waals surface area contributed by atoms with Crippen LogP contribution in [0.3, 0.4) is 0 Å². The van der Waals surface area contributed by atoms with Gasteiger partial charge in [-0.05, 0) is 13.8 Å². The average molecular weight is 513 g/mol. The first kappa shape index (κ1) is 32.5. The molecule has 0 amide bonds. The van der Waals surface area contributed by atoms with Gasteiger partial charge in [0.1, 0.15) is 0 Å². The Morgan fingerprint density at radius 1 is 0.538 bits per heavy atom. The maximum absolute atomic E-state index is 10.9. The summed E-state index contributed by atoms with van der Waals surface area (Å²) < 4.78 is 18.4. The molecule has 0 fully saturated rings. The van der Waals surface area contributed by atoms with E-state index in [1.54, 1.807) is 0 Å². The Balaban J connectivity index is -0.000000226. The van der Waals surface area contributed by atoms with Crippen molar-refractivity contribution >= 4 is 93.6 Å². The van der Waals surface area contributed by atoms with Crippen molar-refractivity contribution in [3.05, 3.63) is 0 Å². The van der Waals surface area contributed by atoms with Gasteiger partial charge in [0.2, 0.25) is 0 Å². The van der Waals surface area contributed by atoms with E-state index < -0.39 is 55.8 Å². The third-order valence-corrected chi connectivity index (χ3v) is 7.21. The molecule has 0 heterocycles. The zero-order valence-corrected chi connectivity index (χ0v) is 20.2. The number of carboxylic acids is 2. The predicted octanol–water partition coefficient (Wildman–Crippen LogP) is -3.19. The van der Waals surface area contributed by atoms with Gasteiger partial charge in [-0.15, -0.1) is 0 Å². The van der Waals surface area contributed by atoms with Gasteiger partial charge in [-0.2, -0.15) is 0 Å². The largest absolute Gasteiger partial charge is 2.00 e. The Bertz CT molecular complexity index is 429. The molecule has 0 aromatic carbocycles. The molecule has 0 aliphatic heterocycles. The molecule has 0 aromatic rings. The van der Waals surface area contributed by atoms with E-state index in [9.17, 15) is 19.2 Å². The van der Waals surface area contributed by atoms with Crippen molar-refractivity contribution in [1.82, 2.24) is 0 Å². The molecule has 0 unspecified atom stereocenters. The third kappa shape index (κ3) is 30.7. The summed E-state index contributed by atoms with van der Waals surface area (Å²) in [6, 6.07) is 0. The fourth-order valence-electron chi connectivity index (χ4n) is 0.829. The second-order valence-corrected chi connectivity index (χ2v) is 9.04. The summed E-state index contributed by atoms with van der Waals surface area (Å²) in [4.78, 5) is 61.2. The van der Waals surface area contributed by atoms with Crippen LogP contribution in [0.15, 0.2) is 0 Å². The molecule has 0 aliphatic rings. The minimum absolute atomic E-state index is 0. The van der Waals surface area contributed by atoms with E-state index in [4.69, 9.17) is 19.8 Å². The van der Waals surface area contributed by atoms with Gasteiger partial charge >= 0.3 is 141 Å². The van der Waals surface area contributed by atoms with Crippen molar-refractivity contribution < 1.29 is 51.3 Å². The first-order valence-electron chi connectivity index (χ1n) is 6.27. The van der Waals surface area contributed by atoms with E-state index in [2.05, 4.69) is 12.3 Å². The third-order valence-electron chi connectivity index (χ3n) is 1.07. The molecule has 0 aromatic heterocycles. The van der Waals surface area contributed by atoms with Crippen LogP contribution in [0.4, 0.5) is 0 Å². The Morgan fingerprint density at radius 3 is 0.731 bits per heavy atom. The fraction of sp³-hybridized carbons (Fsp3) is 0.500. The molecule has 144 valence electrons. The summed E-state index contributed by atoms with van der Waals surface area (Å²) in [5.74, 6) is -5.71. The average Bonchev–Trinajstić information content (AvgIpc) is 2.20. The number of hydrogen-bond donors (Lipinski definition) is 0.